The van der Waals surface area contributed by atoms with Crippen molar-refractivity contribution in [1.82, 2.24) is 4.90 Å². The largest absolute Gasteiger partial charge is 0.488 e. The molecule has 36 heavy (non-hydrogen) atoms. The maximum atomic E-state index is 12.9. The van der Waals surface area contributed by atoms with Gasteiger partial charge in [0.2, 0.25) is 0 Å². The minimum Gasteiger partial charge on any atom is -0.488 e. The number of ether oxygens (including phenoxy) is 1. The topological polar surface area (TPSA) is 117 Å². The monoisotopic (exact) mass is 566 g/mol. The Kier molecular flexibility index (Phi) is 7.56. The van der Waals surface area contributed by atoms with Crippen molar-refractivity contribution in [2.24, 2.45) is 4.99 Å². The maximum absolute atomic E-state index is 12.9. The molecule has 0 spiro atoms. The van der Waals surface area contributed by atoms with Crippen molar-refractivity contribution in [2.75, 3.05) is 7.05 Å². The van der Waals surface area contributed by atoms with Crippen LogP contribution in [0, 0.1) is 0 Å². The number of thioether (sulfide) groups is 1. The van der Waals surface area contributed by atoms with Gasteiger partial charge in [-0.1, -0.05) is 28.1 Å². The van der Waals surface area contributed by atoms with E-state index in [4.69, 9.17) is 14.9 Å². The van der Waals surface area contributed by atoms with Crippen LogP contribution in [0.2, 0.25) is 0 Å². The normalized spacial score (nSPS) is 15.5. The second kappa shape index (κ2) is 10.8. The molecule has 0 radical (unpaired) electrons. The molecule has 1 amide bonds. The van der Waals surface area contributed by atoms with Gasteiger partial charge in [-0.3, -0.25) is 9.69 Å². The lowest BCUT2D eigenvalue weighted by molar-refractivity contribution is -0.121. The molecule has 3 aromatic carbocycles. The van der Waals surface area contributed by atoms with Crippen molar-refractivity contribution < 1.29 is 29.3 Å². The van der Waals surface area contributed by atoms with E-state index in [-0.39, 0.29) is 23.6 Å². The number of carboxylic acids is 2. The number of nitrogens with zero attached hydrogens (tertiary/aromatic N) is 2. The fraction of sp³-hybridized carbons (Fsp3) is 0.0769. The number of aromatic carboxylic acids is 2. The average Bonchev–Trinajstić information content (AvgIpc) is 3.11. The van der Waals surface area contributed by atoms with E-state index in [1.165, 1.54) is 40.9 Å². The summed E-state index contributed by atoms with van der Waals surface area (Å²) in [5, 5.41) is 18.6. The second-order valence-corrected chi connectivity index (χ2v) is 9.62. The van der Waals surface area contributed by atoms with Crippen molar-refractivity contribution in [1.29, 1.82) is 0 Å². The van der Waals surface area contributed by atoms with Crippen LogP contribution in [0.1, 0.15) is 31.8 Å². The Morgan fingerprint density at radius 2 is 1.61 bits per heavy atom. The third-order valence-corrected chi connectivity index (χ3v) is 6.75. The lowest BCUT2D eigenvalue weighted by atomic mass is 10.1. The average molecular weight is 567 g/mol. The van der Waals surface area contributed by atoms with Gasteiger partial charge in [0, 0.05) is 17.1 Å². The zero-order valence-electron chi connectivity index (χ0n) is 18.8. The minimum absolute atomic E-state index is 0.156. The first kappa shape index (κ1) is 25.2. The number of hydrogen-bond donors (Lipinski definition) is 2. The van der Waals surface area contributed by atoms with Crippen LogP contribution in [-0.2, 0) is 11.4 Å². The van der Waals surface area contributed by atoms with Gasteiger partial charge in [-0.25, -0.2) is 14.6 Å². The Morgan fingerprint density at radius 3 is 2.22 bits per heavy atom. The smallest absolute Gasteiger partial charge is 0.335 e. The highest BCUT2D eigenvalue weighted by Gasteiger charge is 2.30. The maximum Gasteiger partial charge on any atom is 0.335 e. The summed E-state index contributed by atoms with van der Waals surface area (Å²) in [6.07, 6.45) is 1.73. The van der Waals surface area contributed by atoms with Gasteiger partial charge >= 0.3 is 11.9 Å². The van der Waals surface area contributed by atoms with Gasteiger partial charge in [0.1, 0.15) is 12.4 Å². The van der Waals surface area contributed by atoms with E-state index in [1.54, 1.807) is 43.5 Å². The molecule has 1 heterocycles. The Balaban J connectivity index is 1.55. The first-order valence-corrected chi connectivity index (χ1v) is 12.2. The molecule has 0 saturated carbocycles. The molecule has 4 rings (SSSR count). The summed E-state index contributed by atoms with van der Waals surface area (Å²) in [4.78, 5) is 41.4. The van der Waals surface area contributed by atoms with Gasteiger partial charge in [-0.2, -0.15) is 0 Å². The number of aliphatic imine (C=N–C) groups is 1. The van der Waals surface area contributed by atoms with E-state index in [9.17, 15) is 14.4 Å². The number of benzene rings is 3. The summed E-state index contributed by atoms with van der Waals surface area (Å²) >= 11 is 4.66. The zero-order valence-corrected chi connectivity index (χ0v) is 21.2. The van der Waals surface area contributed by atoms with Crippen LogP contribution in [0.5, 0.6) is 5.75 Å². The summed E-state index contributed by atoms with van der Waals surface area (Å²) in [6, 6.07) is 18.0. The molecule has 10 heteroatoms. The van der Waals surface area contributed by atoms with Crippen molar-refractivity contribution >= 4 is 62.5 Å². The third kappa shape index (κ3) is 5.84. The third-order valence-electron chi connectivity index (χ3n) is 5.20. The van der Waals surface area contributed by atoms with Gasteiger partial charge in [-0.05, 0) is 78.0 Å². The Hall–Kier alpha value is -3.89. The van der Waals surface area contributed by atoms with Crippen molar-refractivity contribution in [2.45, 2.75) is 6.61 Å². The Morgan fingerprint density at radius 1 is 1.00 bits per heavy atom. The van der Waals surface area contributed by atoms with Crippen molar-refractivity contribution in [3.8, 4) is 5.75 Å². The fourth-order valence-electron chi connectivity index (χ4n) is 3.25. The number of rotatable bonds is 7. The first-order chi connectivity index (χ1) is 17.2. The summed E-state index contributed by atoms with van der Waals surface area (Å²) in [5.41, 5.74) is 2.37. The predicted molar refractivity (Wildman–Crippen MR) is 141 cm³/mol. The molecule has 8 nitrogen and oxygen atoms in total. The van der Waals surface area contributed by atoms with E-state index < -0.39 is 11.9 Å². The lowest BCUT2D eigenvalue weighted by Crippen LogP contribution is -2.23. The van der Waals surface area contributed by atoms with Gasteiger partial charge in [0.25, 0.3) is 5.91 Å². The van der Waals surface area contributed by atoms with Crippen molar-refractivity contribution in [3.63, 3.8) is 0 Å². The standard InChI is InChI=1S/C26H19BrN2O6S/c1-29-23(30)22(36-26(29)28-20-9-6-17(7-10-20)25(33)34)13-18-12-19(27)8-11-21(18)35-14-15-2-4-16(5-3-15)24(31)32/h2-13H,14H2,1H3,(H,31,32)(H,33,34)/b22-13-,28-26?. The number of likely N-dealkylation sites (N-methyl/N-ethyl adjacent to an activating group) is 1. The van der Waals surface area contributed by atoms with Gasteiger partial charge in [0.05, 0.1) is 21.7 Å². The first-order valence-electron chi connectivity index (χ1n) is 10.6. The molecule has 0 bridgehead atoms. The van der Waals surface area contributed by atoms with E-state index in [0.717, 1.165) is 10.0 Å². The number of amides is 1. The SMILES string of the molecule is CN1C(=O)/C(=C/c2cc(Br)ccc2OCc2ccc(C(=O)O)cc2)SC1=Nc1ccc(C(=O)O)cc1. The molecule has 1 aliphatic heterocycles. The van der Waals surface area contributed by atoms with E-state index >= 15 is 0 Å². The molecule has 0 atom stereocenters. The molecular formula is C26H19BrN2O6S. The Labute approximate surface area is 219 Å². The van der Waals surface area contributed by atoms with E-state index in [1.807, 2.05) is 12.1 Å². The number of carbonyl (C=O) groups excluding carboxylic acids is 1. The summed E-state index contributed by atoms with van der Waals surface area (Å²) < 4.78 is 6.79. The summed E-state index contributed by atoms with van der Waals surface area (Å²) in [7, 11) is 1.62. The number of halogens is 1. The van der Waals surface area contributed by atoms with Crippen LogP contribution in [0.25, 0.3) is 6.08 Å². The van der Waals surface area contributed by atoms with Gasteiger partial charge < -0.3 is 14.9 Å². The molecule has 0 aliphatic carbocycles. The highest BCUT2D eigenvalue weighted by molar-refractivity contribution is 9.10. The summed E-state index contributed by atoms with van der Waals surface area (Å²) in [5.74, 6) is -1.69. The van der Waals surface area contributed by atoms with Crippen LogP contribution in [0.15, 0.2) is 81.1 Å². The number of carboxylic acid groups (broad SMARTS) is 2. The molecule has 3 aromatic rings. The van der Waals surface area contributed by atoms with E-state index in [0.29, 0.717) is 27.1 Å². The molecule has 1 fully saturated rings. The molecule has 2 N–H and O–H groups in total. The highest BCUT2D eigenvalue weighted by Crippen LogP contribution is 2.35. The fourth-order valence-corrected chi connectivity index (χ4v) is 4.61. The van der Waals surface area contributed by atoms with Gasteiger partial charge in [0.15, 0.2) is 5.17 Å². The number of amidine groups is 1. The lowest BCUT2D eigenvalue weighted by Gasteiger charge is -2.11. The molecule has 0 unspecified atom stereocenters. The van der Waals surface area contributed by atoms with Crippen LogP contribution in [-0.4, -0.2) is 45.2 Å². The highest BCUT2D eigenvalue weighted by atomic mass is 79.9. The zero-order chi connectivity index (χ0) is 25.8. The molecule has 0 aromatic heterocycles. The molecule has 182 valence electrons. The second-order valence-electron chi connectivity index (χ2n) is 7.69. The van der Waals surface area contributed by atoms with E-state index in [2.05, 4.69) is 20.9 Å². The van der Waals surface area contributed by atoms with Crippen molar-refractivity contribution in [3.05, 3.63) is 98.4 Å². The van der Waals surface area contributed by atoms with Crippen LogP contribution in [0.3, 0.4) is 0 Å². The molecule has 1 saturated heterocycles. The Bertz CT molecular complexity index is 1400. The van der Waals surface area contributed by atoms with Crippen LogP contribution >= 0.6 is 27.7 Å². The van der Waals surface area contributed by atoms with Crippen LogP contribution < -0.4 is 4.74 Å². The number of carbonyl (C=O) groups is 3. The minimum atomic E-state index is -1.02. The van der Waals surface area contributed by atoms with Gasteiger partial charge in [-0.15, -0.1) is 0 Å². The number of hydrogen-bond acceptors (Lipinski definition) is 6. The molecular weight excluding hydrogens is 548 g/mol. The summed E-state index contributed by atoms with van der Waals surface area (Å²) in [6.45, 7) is 0.220. The molecule has 1 aliphatic rings. The quantitative estimate of drug-likeness (QED) is 0.354. The predicted octanol–water partition coefficient (Wildman–Crippen LogP) is 5.66. The van der Waals surface area contributed by atoms with Crippen LogP contribution in [0.4, 0.5) is 5.69 Å².